The first-order valence-corrected chi connectivity index (χ1v) is 30.4. The van der Waals surface area contributed by atoms with Crippen LogP contribution in [0.2, 0.25) is 0 Å². The fraction of sp³-hybridized carbons (Fsp3) is 0.465. The molecule has 2 aromatic carbocycles. The van der Waals surface area contributed by atoms with Gasteiger partial charge in [0.25, 0.3) is 5.91 Å². The van der Waals surface area contributed by atoms with E-state index in [-0.39, 0.29) is 55.2 Å². The van der Waals surface area contributed by atoms with Crippen molar-refractivity contribution < 1.29 is 23.9 Å². The average molecular weight is 1110 g/mol. The molecule has 6 unspecified atom stereocenters. The molecule has 1 fully saturated rings. The fourth-order valence-corrected chi connectivity index (χ4v) is 11.8. The summed E-state index contributed by atoms with van der Waals surface area (Å²) < 4.78 is 11.3. The molecular formula is C71H92N6O5. The number of hydrogen-bond donors (Lipinski definition) is 3. The van der Waals surface area contributed by atoms with E-state index < -0.39 is 5.97 Å². The molecule has 1 amide bonds. The van der Waals surface area contributed by atoms with Gasteiger partial charge in [-0.15, -0.1) is 0 Å². The Labute approximate surface area is 490 Å². The largest absolute Gasteiger partial charge is 0.469 e. The molecule has 0 saturated carbocycles. The predicted octanol–water partition coefficient (Wildman–Crippen LogP) is 16.0. The van der Waals surface area contributed by atoms with E-state index in [4.69, 9.17) is 24.5 Å². The third-order valence-electron chi connectivity index (χ3n) is 17.1. The minimum atomic E-state index is -0.497. The molecule has 1 saturated heterocycles. The molecule has 2 aromatic rings. The van der Waals surface area contributed by atoms with E-state index in [1.807, 2.05) is 99.8 Å². The minimum absolute atomic E-state index is 0.00348. The first kappa shape index (κ1) is 62.5. The Morgan fingerprint density at radius 3 is 2.02 bits per heavy atom. The van der Waals surface area contributed by atoms with Gasteiger partial charge in [0.05, 0.1) is 59.4 Å². The topological polar surface area (TPSA) is 143 Å². The highest BCUT2D eigenvalue weighted by atomic mass is 16.5. The van der Waals surface area contributed by atoms with Gasteiger partial charge in [-0.2, -0.15) is 0 Å². The van der Waals surface area contributed by atoms with Crippen molar-refractivity contribution in [2.45, 2.75) is 172 Å². The highest BCUT2D eigenvalue weighted by Gasteiger charge is 2.40. The minimum Gasteiger partial charge on any atom is -0.469 e. The summed E-state index contributed by atoms with van der Waals surface area (Å²) >= 11 is 0. The van der Waals surface area contributed by atoms with E-state index in [9.17, 15) is 9.59 Å². The average Bonchev–Trinajstić information content (AvgIpc) is 4.28. The Morgan fingerprint density at radius 1 is 0.744 bits per heavy atom. The number of amides is 1. The summed E-state index contributed by atoms with van der Waals surface area (Å²) in [5.74, 6) is 0.642. The van der Waals surface area contributed by atoms with E-state index in [1.54, 1.807) is 0 Å². The van der Waals surface area contributed by atoms with Crippen molar-refractivity contribution in [1.29, 1.82) is 0 Å². The van der Waals surface area contributed by atoms with Gasteiger partial charge in [-0.3, -0.25) is 14.4 Å². The lowest BCUT2D eigenvalue weighted by molar-refractivity contribution is -0.143. The summed E-state index contributed by atoms with van der Waals surface area (Å²) in [5, 5.41) is 10.7. The normalized spacial score (nSPS) is 20.0. The number of allylic oxidation sites excluding steroid dienone is 11. The lowest BCUT2D eigenvalue weighted by Crippen LogP contribution is -2.32. The highest BCUT2D eigenvalue weighted by Crippen LogP contribution is 2.43. The molecule has 11 nitrogen and oxygen atoms in total. The van der Waals surface area contributed by atoms with E-state index in [1.165, 1.54) is 57.6 Å². The SMILES string of the molecule is C=CC1=C(C)C2=NC1=CC1=NC(=C(CC)C1=CNC(C)c1ccccc1)C=C1N=C(C(CC(=O)OC)=C3NC(=C2)C(C)C3CCC(=O)OC/C=C(\C)CCCC(C)CCCC(C)CCCC(C)C)C(C(=O)NC(C)c2ccccc2)=C1C. The molecule has 436 valence electrons. The van der Waals surface area contributed by atoms with Crippen LogP contribution in [0.5, 0.6) is 0 Å². The second-order valence-corrected chi connectivity index (χ2v) is 23.8. The number of fused-ring (bicyclic) bond motifs is 5. The number of carbonyl (C=O) groups is 3. The predicted molar refractivity (Wildman–Crippen MR) is 337 cm³/mol. The number of rotatable bonds is 27. The molecule has 5 heterocycles. The number of benzene rings is 2. The highest BCUT2D eigenvalue weighted by molar-refractivity contribution is 6.31. The number of aliphatic imine (C=N–C) groups is 3. The zero-order chi connectivity index (χ0) is 59.0. The van der Waals surface area contributed by atoms with Crippen molar-refractivity contribution in [3.05, 3.63) is 188 Å². The Bertz CT molecular complexity index is 3080. The summed E-state index contributed by atoms with van der Waals surface area (Å²) in [6.45, 7) is 28.3. The number of nitrogens with one attached hydrogen (secondary N) is 3. The summed E-state index contributed by atoms with van der Waals surface area (Å²) in [7, 11) is 1.37. The number of methoxy groups -OCH3 is 1. The Balaban J connectivity index is 1.22. The molecule has 0 spiro atoms. The zero-order valence-corrected chi connectivity index (χ0v) is 51.3. The van der Waals surface area contributed by atoms with Gasteiger partial charge < -0.3 is 25.4 Å². The molecule has 82 heavy (non-hydrogen) atoms. The van der Waals surface area contributed by atoms with Gasteiger partial charge in [0.1, 0.15) is 6.61 Å². The first-order valence-electron chi connectivity index (χ1n) is 30.4. The lowest BCUT2D eigenvalue weighted by Gasteiger charge is -2.21. The van der Waals surface area contributed by atoms with Crippen LogP contribution in [0.3, 0.4) is 0 Å². The maximum atomic E-state index is 15.1. The van der Waals surface area contributed by atoms with E-state index in [0.717, 1.165) is 80.9 Å². The summed E-state index contributed by atoms with van der Waals surface area (Å²) in [5.41, 5.74) is 13.9. The van der Waals surface area contributed by atoms with Crippen molar-refractivity contribution in [2.75, 3.05) is 13.7 Å². The smallest absolute Gasteiger partial charge is 0.310 e. The summed E-state index contributed by atoms with van der Waals surface area (Å²) in [4.78, 5) is 58.7. The van der Waals surface area contributed by atoms with Crippen LogP contribution >= 0.6 is 0 Å². The van der Waals surface area contributed by atoms with Crippen LogP contribution in [-0.4, -0.2) is 48.7 Å². The second kappa shape index (κ2) is 29.7. The molecular weight excluding hydrogens is 1020 g/mol. The third-order valence-corrected chi connectivity index (χ3v) is 17.1. The van der Waals surface area contributed by atoms with Gasteiger partial charge in [-0.1, -0.05) is 165 Å². The molecule has 8 bridgehead atoms. The molecule has 11 heteroatoms. The number of carbonyl (C=O) groups excluding carboxylic acids is 3. The van der Waals surface area contributed by atoms with Gasteiger partial charge in [-0.05, 0) is 130 Å². The first-order chi connectivity index (χ1) is 39.4. The molecule has 5 aliphatic heterocycles. The molecule has 0 aromatic heterocycles. The van der Waals surface area contributed by atoms with Crippen LogP contribution in [0.25, 0.3) is 0 Å². The Kier molecular flexibility index (Phi) is 22.6. The van der Waals surface area contributed by atoms with E-state index >= 15 is 4.79 Å². The van der Waals surface area contributed by atoms with Crippen LogP contribution in [0, 0.1) is 29.6 Å². The van der Waals surface area contributed by atoms with Gasteiger partial charge in [0.2, 0.25) is 0 Å². The summed E-state index contributed by atoms with van der Waals surface area (Å²) in [6, 6.07) is 19.8. The third kappa shape index (κ3) is 16.1. The summed E-state index contributed by atoms with van der Waals surface area (Å²) in [6.07, 6.45) is 24.1. The van der Waals surface area contributed by atoms with Crippen LogP contribution < -0.4 is 16.0 Å². The lowest BCUT2D eigenvalue weighted by atomic mass is 9.84. The number of esters is 2. The van der Waals surface area contributed by atoms with Crippen molar-refractivity contribution in [2.24, 2.45) is 44.6 Å². The van der Waals surface area contributed by atoms with E-state index in [0.29, 0.717) is 58.3 Å². The molecule has 3 N–H and O–H groups in total. The molecule has 0 aliphatic carbocycles. The van der Waals surface area contributed by atoms with E-state index in [2.05, 4.69) is 96.1 Å². The van der Waals surface area contributed by atoms with Crippen LogP contribution in [0.15, 0.2) is 192 Å². The number of ether oxygens (including phenoxy) is 2. The standard InChI is InChI=1S/C71H92N6O5/c1-14-55-48(8)60-40-61-49(9)57(35-36-66(78)82-38-37-47(7)30-24-29-46(6)28-23-27-45(5)26-22-25-44(3)4)69(76-61)58(39-67(79)81-13)70-68(71(80)73-52(12)54-33-20-17-21-34-54)50(10)62(77-70)41-64-56(15-2)59(65(75-64)42-63(55)74-60)43-72-51(11)53-31-18-16-19-32-53/h14,16-21,31-34,37,40-46,49,51-52,57,72,76H,1,15,22-30,35-36,38-39H2,2-13H3,(H,73,80)/b47-37+,59-43?,61-40?,62-41?,63-42?,69-58?. The molecule has 5 aliphatic rings. The zero-order valence-electron chi connectivity index (χ0n) is 51.3. The Morgan fingerprint density at radius 2 is 1.39 bits per heavy atom. The van der Waals surface area contributed by atoms with Gasteiger partial charge in [-0.25, -0.2) is 15.0 Å². The second-order valence-electron chi connectivity index (χ2n) is 23.8. The van der Waals surface area contributed by atoms with Crippen molar-refractivity contribution in [3.63, 3.8) is 0 Å². The molecule has 0 radical (unpaired) electrons. The molecule has 7 rings (SSSR count). The van der Waals surface area contributed by atoms with Crippen molar-refractivity contribution in [1.82, 2.24) is 16.0 Å². The maximum absolute atomic E-state index is 15.1. The monoisotopic (exact) mass is 1110 g/mol. The fourth-order valence-electron chi connectivity index (χ4n) is 11.8. The van der Waals surface area contributed by atoms with Crippen LogP contribution in [-0.2, 0) is 23.9 Å². The molecule has 6 atom stereocenters. The number of hydrogen-bond acceptors (Lipinski definition) is 10. The van der Waals surface area contributed by atoms with Crippen LogP contribution in [0.4, 0.5) is 0 Å². The quantitative estimate of drug-likeness (QED) is 0.0597. The maximum Gasteiger partial charge on any atom is 0.310 e. The van der Waals surface area contributed by atoms with Gasteiger partial charge in [0.15, 0.2) is 0 Å². The van der Waals surface area contributed by atoms with Crippen LogP contribution in [0.1, 0.15) is 183 Å². The number of nitrogens with zero attached hydrogens (tertiary/aromatic N) is 3. The van der Waals surface area contributed by atoms with Gasteiger partial charge in [0, 0.05) is 58.6 Å². The van der Waals surface area contributed by atoms with Gasteiger partial charge >= 0.3 is 11.9 Å². The Hall–Kier alpha value is -7.14. The van der Waals surface area contributed by atoms with Crippen molar-refractivity contribution >= 4 is 35.0 Å². The van der Waals surface area contributed by atoms with Crippen molar-refractivity contribution in [3.8, 4) is 0 Å².